The zero-order chi connectivity index (χ0) is 11.7. The maximum Gasteiger partial charge on any atom is 0.184 e. The van der Waals surface area contributed by atoms with Crippen molar-refractivity contribution in [3.8, 4) is 0 Å². The summed E-state index contributed by atoms with van der Waals surface area (Å²) in [5.41, 5.74) is 1.03. The van der Waals surface area contributed by atoms with Crippen LogP contribution in [0.2, 0.25) is 0 Å². The van der Waals surface area contributed by atoms with E-state index in [1.54, 1.807) is 11.3 Å². The van der Waals surface area contributed by atoms with Gasteiger partial charge in [-0.25, -0.2) is 4.98 Å². The van der Waals surface area contributed by atoms with Crippen LogP contribution in [0, 0.1) is 6.92 Å². The lowest BCUT2D eigenvalue weighted by atomic mass is 10.2. The van der Waals surface area contributed by atoms with Crippen LogP contribution in [-0.2, 0) is 9.47 Å². The van der Waals surface area contributed by atoms with Gasteiger partial charge in [0.2, 0.25) is 0 Å². The monoisotopic (exact) mass is 247 g/mol. The lowest BCUT2D eigenvalue weighted by Crippen LogP contribution is -2.18. The fourth-order valence-corrected chi connectivity index (χ4v) is 2.64. The molecule has 0 bridgehead atoms. The van der Waals surface area contributed by atoms with Crippen LogP contribution in [0.4, 0.5) is 0 Å². The van der Waals surface area contributed by atoms with Crippen LogP contribution < -0.4 is 0 Å². The van der Waals surface area contributed by atoms with Crippen molar-refractivity contribution in [2.24, 2.45) is 0 Å². The largest absolute Gasteiger partial charge is 0.489 e. The molecule has 0 amide bonds. The number of hydrogen-bond acceptors (Lipinski definition) is 4. The molecule has 0 aromatic carbocycles. The van der Waals surface area contributed by atoms with E-state index < -0.39 is 0 Å². The van der Waals surface area contributed by atoms with Crippen molar-refractivity contribution in [1.29, 1.82) is 0 Å². The van der Waals surface area contributed by atoms with Crippen LogP contribution in [-0.4, -0.2) is 11.6 Å². The second-order valence-electron chi connectivity index (χ2n) is 4.02. The summed E-state index contributed by atoms with van der Waals surface area (Å²) < 4.78 is 11.7. The molecule has 1 aliphatic heterocycles. The molecule has 1 aliphatic carbocycles. The van der Waals surface area contributed by atoms with E-state index in [-0.39, 0.29) is 6.10 Å². The summed E-state index contributed by atoms with van der Waals surface area (Å²) in [6.07, 6.45) is 8.72. The summed E-state index contributed by atoms with van der Waals surface area (Å²) in [6.45, 7) is 2.54. The zero-order valence-corrected chi connectivity index (χ0v) is 10.4. The van der Waals surface area contributed by atoms with Crippen molar-refractivity contribution in [3.05, 3.63) is 51.9 Å². The molecule has 2 aliphatic rings. The third-order valence-corrected chi connectivity index (χ3v) is 3.72. The highest BCUT2D eigenvalue weighted by atomic mass is 32.1. The van der Waals surface area contributed by atoms with Gasteiger partial charge < -0.3 is 9.47 Å². The van der Waals surface area contributed by atoms with Gasteiger partial charge in [-0.1, -0.05) is 18.2 Å². The highest BCUT2D eigenvalue weighted by Crippen LogP contribution is 2.32. The van der Waals surface area contributed by atoms with Gasteiger partial charge in [0.1, 0.15) is 17.4 Å². The van der Waals surface area contributed by atoms with Crippen molar-refractivity contribution in [2.75, 3.05) is 6.61 Å². The van der Waals surface area contributed by atoms with E-state index in [9.17, 15) is 0 Å². The third kappa shape index (κ3) is 2.13. The summed E-state index contributed by atoms with van der Waals surface area (Å²) in [5.74, 6) is 1.75. The average Bonchev–Trinajstić information content (AvgIpc) is 2.64. The van der Waals surface area contributed by atoms with Crippen LogP contribution >= 0.6 is 11.3 Å². The average molecular weight is 247 g/mol. The van der Waals surface area contributed by atoms with Crippen molar-refractivity contribution in [1.82, 2.24) is 4.98 Å². The van der Waals surface area contributed by atoms with Gasteiger partial charge in [-0.3, -0.25) is 0 Å². The molecule has 88 valence electrons. The van der Waals surface area contributed by atoms with Gasteiger partial charge >= 0.3 is 0 Å². The van der Waals surface area contributed by atoms with Gasteiger partial charge in [-0.05, 0) is 13.0 Å². The fraction of sp³-hybridized carbons (Fsp3) is 0.308. The van der Waals surface area contributed by atoms with E-state index in [1.807, 2.05) is 30.5 Å². The first kappa shape index (κ1) is 10.6. The number of rotatable bonds is 1. The summed E-state index contributed by atoms with van der Waals surface area (Å²) >= 11 is 1.62. The minimum absolute atomic E-state index is 0.0739. The normalized spacial score (nSPS) is 22.8. The van der Waals surface area contributed by atoms with Gasteiger partial charge in [-0.15, -0.1) is 11.3 Å². The number of nitrogens with zero attached hydrogens (tertiary/aromatic N) is 1. The second-order valence-corrected chi connectivity index (χ2v) is 4.91. The molecule has 0 saturated carbocycles. The molecule has 3 rings (SSSR count). The zero-order valence-electron chi connectivity index (χ0n) is 9.55. The Morgan fingerprint density at radius 1 is 1.41 bits per heavy atom. The molecule has 0 saturated heterocycles. The Labute approximate surface area is 104 Å². The number of aryl methyl sites for hydroxylation is 1. The first-order chi connectivity index (χ1) is 8.33. The van der Waals surface area contributed by atoms with E-state index in [0.29, 0.717) is 6.61 Å². The molecule has 0 fully saturated rings. The van der Waals surface area contributed by atoms with E-state index in [0.717, 1.165) is 28.6 Å². The molecule has 17 heavy (non-hydrogen) atoms. The molecule has 0 radical (unpaired) electrons. The Hall–Kier alpha value is -1.55. The van der Waals surface area contributed by atoms with Gasteiger partial charge in [-0.2, -0.15) is 0 Å². The van der Waals surface area contributed by atoms with Crippen molar-refractivity contribution >= 4 is 11.3 Å². The molecule has 4 heteroatoms. The van der Waals surface area contributed by atoms with E-state index >= 15 is 0 Å². The molecule has 1 unspecified atom stereocenters. The number of thiazole rings is 1. The molecule has 0 N–H and O–H groups in total. The summed E-state index contributed by atoms with van der Waals surface area (Å²) in [6, 6.07) is 0. The van der Waals surface area contributed by atoms with Crippen LogP contribution in [0.25, 0.3) is 0 Å². The fourth-order valence-electron chi connectivity index (χ4n) is 1.83. The molecule has 3 nitrogen and oxygen atoms in total. The molecular weight excluding hydrogens is 234 g/mol. The number of allylic oxidation sites excluding steroid dienone is 4. The Bertz CT molecular complexity index is 513. The lowest BCUT2D eigenvalue weighted by Gasteiger charge is -2.25. The molecular formula is C13H13NO2S. The number of aromatic nitrogens is 1. The van der Waals surface area contributed by atoms with Crippen molar-refractivity contribution in [3.63, 3.8) is 0 Å². The highest BCUT2D eigenvalue weighted by Gasteiger charge is 2.25. The SMILES string of the molecule is Cc1csc(C2COC3=C(C=CC=CC3)O2)n1. The van der Waals surface area contributed by atoms with Crippen LogP contribution in [0.15, 0.2) is 41.2 Å². The van der Waals surface area contributed by atoms with Crippen LogP contribution in [0.3, 0.4) is 0 Å². The number of hydrogen-bond donors (Lipinski definition) is 0. The molecule has 0 spiro atoms. The summed E-state index contributed by atoms with van der Waals surface area (Å²) in [5, 5.41) is 3.02. The van der Waals surface area contributed by atoms with Gasteiger partial charge in [0.05, 0.1) is 0 Å². The first-order valence-corrected chi connectivity index (χ1v) is 6.49. The van der Waals surface area contributed by atoms with Crippen LogP contribution in [0.1, 0.15) is 23.2 Å². The Kier molecular flexibility index (Phi) is 2.73. The van der Waals surface area contributed by atoms with Gasteiger partial charge in [0, 0.05) is 17.5 Å². The summed E-state index contributed by atoms with van der Waals surface area (Å²) in [7, 11) is 0. The molecule has 1 aromatic heterocycles. The smallest absolute Gasteiger partial charge is 0.184 e. The lowest BCUT2D eigenvalue weighted by molar-refractivity contribution is -0.000142. The van der Waals surface area contributed by atoms with E-state index in [4.69, 9.17) is 9.47 Å². The maximum absolute atomic E-state index is 5.95. The maximum atomic E-state index is 5.95. The Balaban J connectivity index is 1.83. The first-order valence-electron chi connectivity index (χ1n) is 5.61. The standard InChI is InChI=1S/C13H13NO2S/c1-9-8-17-13(14-9)12-7-15-10-5-3-2-4-6-11(10)16-12/h2-4,6,8,12H,5,7H2,1H3. The quantitative estimate of drug-likeness (QED) is 0.763. The predicted octanol–water partition coefficient (Wildman–Crippen LogP) is 3.27. The molecule has 1 aromatic rings. The molecule has 2 heterocycles. The van der Waals surface area contributed by atoms with Crippen molar-refractivity contribution in [2.45, 2.75) is 19.4 Å². The highest BCUT2D eigenvalue weighted by molar-refractivity contribution is 7.09. The number of ether oxygens (including phenoxy) is 2. The third-order valence-electron chi connectivity index (χ3n) is 2.66. The van der Waals surface area contributed by atoms with E-state index in [2.05, 4.69) is 11.1 Å². The Morgan fingerprint density at radius 2 is 2.35 bits per heavy atom. The van der Waals surface area contributed by atoms with E-state index in [1.165, 1.54) is 0 Å². The van der Waals surface area contributed by atoms with Gasteiger partial charge in [0.25, 0.3) is 0 Å². The Morgan fingerprint density at radius 3 is 3.18 bits per heavy atom. The second kappa shape index (κ2) is 4.37. The predicted molar refractivity (Wildman–Crippen MR) is 66.6 cm³/mol. The van der Waals surface area contributed by atoms with Crippen LogP contribution in [0.5, 0.6) is 0 Å². The van der Waals surface area contributed by atoms with Crippen molar-refractivity contribution < 1.29 is 9.47 Å². The molecule has 1 atom stereocenters. The summed E-state index contributed by atoms with van der Waals surface area (Å²) in [4.78, 5) is 4.45. The van der Waals surface area contributed by atoms with Gasteiger partial charge in [0.15, 0.2) is 11.9 Å². The minimum Gasteiger partial charge on any atom is -0.489 e. The topological polar surface area (TPSA) is 31.4 Å². The minimum atomic E-state index is -0.0739.